The van der Waals surface area contributed by atoms with Gasteiger partial charge >= 0.3 is 0 Å². The fourth-order valence-corrected chi connectivity index (χ4v) is 2.84. The first-order valence-electron chi connectivity index (χ1n) is 8.00. The Labute approximate surface area is 151 Å². The Balaban J connectivity index is 0.00000242. The van der Waals surface area contributed by atoms with Gasteiger partial charge in [-0.2, -0.15) is 0 Å². The van der Waals surface area contributed by atoms with Crippen molar-refractivity contribution in [2.75, 3.05) is 19.6 Å². The average Bonchev–Trinajstić information content (AvgIpc) is 2.97. The molecule has 2 rings (SSSR count). The summed E-state index contributed by atoms with van der Waals surface area (Å²) in [5.41, 5.74) is 6.01. The molecule has 1 atom stereocenters. The molecule has 7 heteroatoms. The number of amides is 1. The predicted octanol–water partition coefficient (Wildman–Crippen LogP) is 2.97. The van der Waals surface area contributed by atoms with Crippen LogP contribution in [0.5, 0.6) is 0 Å². The predicted molar refractivity (Wildman–Crippen MR) is 97.5 cm³/mol. The Morgan fingerprint density at radius 2 is 2.17 bits per heavy atom. The number of likely N-dealkylation sites (tertiary alicyclic amines) is 1. The Bertz CT molecular complexity index is 454. The van der Waals surface area contributed by atoms with E-state index in [9.17, 15) is 4.79 Å². The highest BCUT2D eigenvalue weighted by Gasteiger charge is 2.17. The molecule has 2 heterocycles. The maximum Gasteiger partial charge on any atom is 0.254 e. The van der Waals surface area contributed by atoms with Gasteiger partial charge in [0.25, 0.3) is 5.91 Å². The highest BCUT2D eigenvalue weighted by Crippen LogP contribution is 2.16. The van der Waals surface area contributed by atoms with Gasteiger partial charge in [0.2, 0.25) is 0 Å². The second-order valence-electron chi connectivity index (χ2n) is 5.85. The molecule has 0 radical (unpaired) electrons. The lowest BCUT2D eigenvalue weighted by Crippen LogP contribution is -2.38. The molecule has 1 aromatic rings. The molecule has 1 fully saturated rings. The lowest BCUT2D eigenvalue weighted by atomic mass is 10.0. The van der Waals surface area contributed by atoms with E-state index < -0.39 is 0 Å². The lowest BCUT2D eigenvalue weighted by Gasteiger charge is -2.33. The normalized spacial score (nSPS) is 17.9. The number of furan rings is 1. The van der Waals surface area contributed by atoms with Gasteiger partial charge in [0, 0.05) is 12.6 Å². The fourth-order valence-electron chi connectivity index (χ4n) is 2.84. The Kier molecular flexibility index (Phi) is 11.4. The third-order valence-corrected chi connectivity index (χ3v) is 4.22. The smallest absolute Gasteiger partial charge is 0.254 e. The number of halogens is 2. The van der Waals surface area contributed by atoms with E-state index in [2.05, 4.69) is 17.1 Å². The molecule has 0 spiro atoms. The number of nitrogens with two attached hydrogens (primary N) is 1. The lowest BCUT2D eigenvalue weighted by molar-refractivity contribution is 0.0951. The Hall–Kier alpha value is -0.750. The van der Waals surface area contributed by atoms with Crippen molar-refractivity contribution in [2.24, 2.45) is 5.73 Å². The van der Waals surface area contributed by atoms with Gasteiger partial charge < -0.3 is 20.4 Å². The van der Waals surface area contributed by atoms with E-state index in [-0.39, 0.29) is 30.7 Å². The second kappa shape index (κ2) is 11.7. The van der Waals surface area contributed by atoms with Crippen LogP contribution in [0.2, 0.25) is 0 Å². The first-order valence-corrected chi connectivity index (χ1v) is 8.00. The van der Waals surface area contributed by atoms with Crippen LogP contribution in [0.25, 0.3) is 0 Å². The molecule has 134 valence electrons. The standard InChI is InChI=1S/C16H27N3O2.2ClH/c1-13-6-2-4-8-19(13)9-5-3-7-18-16(20)14-10-15(11-17)21-12-14;;/h10,12-13H,2-9,11,17H2,1H3,(H,18,20);2*1H. The zero-order valence-electron chi connectivity index (χ0n) is 13.8. The first-order chi connectivity index (χ1) is 10.2. The second-order valence-corrected chi connectivity index (χ2v) is 5.85. The van der Waals surface area contributed by atoms with E-state index >= 15 is 0 Å². The van der Waals surface area contributed by atoms with Crippen LogP contribution in [0.15, 0.2) is 16.7 Å². The van der Waals surface area contributed by atoms with Crippen molar-refractivity contribution in [3.05, 3.63) is 23.7 Å². The van der Waals surface area contributed by atoms with Gasteiger partial charge in [0.05, 0.1) is 12.1 Å². The number of carbonyl (C=O) groups is 1. The van der Waals surface area contributed by atoms with Crippen LogP contribution in [0.1, 0.15) is 55.1 Å². The quantitative estimate of drug-likeness (QED) is 0.728. The van der Waals surface area contributed by atoms with Gasteiger partial charge in [-0.05, 0) is 51.8 Å². The number of hydrogen-bond donors (Lipinski definition) is 2. The molecule has 5 nitrogen and oxygen atoms in total. The molecule has 1 aromatic heterocycles. The van der Waals surface area contributed by atoms with Crippen LogP contribution in [0, 0.1) is 0 Å². The summed E-state index contributed by atoms with van der Waals surface area (Å²) < 4.78 is 5.16. The molecule has 1 unspecified atom stereocenters. The number of hydrogen-bond acceptors (Lipinski definition) is 4. The topological polar surface area (TPSA) is 71.5 Å². The van der Waals surface area contributed by atoms with Crippen molar-refractivity contribution in [1.82, 2.24) is 10.2 Å². The molecule has 0 bridgehead atoms. The van der Waals surface area contributed by atoms with Gasteiger partial charge in [-0.15, -0.1) is 24.8 Å². The summed E-state index contributed by atoms with van der Waals surface area (Å²) in [5, 5.41) is 2.93. The summed E-state index contributed by atoms with van der Waals surface area (Å²) in [7, 11) is 0. The maximum absolute atomic E-state index is 11.9. The van der Waals surface area contributed by atoms with Crippen LogP contribution in [0.4, 0.5) is 0 Å². The van der Waals surface area contributed by atoms with Crippen molar-refractivity contribution in [3.63, 3.8) is 0 Å². The van der Waals surface area contributed by atoms with Crippen molar-refractivity contribution < 1.29 is 9.21 Å². The molecular formula is C16H29Cl2N3O2. The molecule has 23 heavy (non-hydrogen) atoms. The largest absolute Gasteiger partial charge is 0.467 e. The highest BCUT2D eigenvalue weighted by atomic mass is 35.5. The number of piperidine rings is 1. The molecule has 1 aliphatic rings. The van der Waals surface area contributed by atoms with E-state index in [1.54, 1.807) is 6.07 Å². The summed E-state index contributed by atoms with van der Waals surface area (Å²) >= 11 is 0. The minimum atomic E-state index is -0.0789. The van der Waals surface area contributed by atoms with E-state index in [4.69, 9.17) is 10.2 Å². The van der Waals surface area contributed by atoms with Gasteiger partial charge in [-0.3, -0.25) is 4.79 Å². The number of nitrogens with zero attached hydrogens (tertiary/aromatic N) is 1. The fraction of sp³-hybridized carbons (Fsp3) is 0.688. The number of unbranched alkanes of at least 4 members (excludes halogenated alkanes) is 1. The minimum Gasteiger partial charge on any atom is -0.467 e. The summed E-state index contributed by atoms with van der Waals surface area (Å²) in [6.07, 6.45) is 7.61. The zero-order chi connectivity index (χ0) is 15.1. The number of rotatable bonds is 7. The van der Waals surface area contributed by atoms with Crippen LogP contribution in [0.3, 0.4) is 0 Å². The van der Waals surface area contributed by atoms with Crippen molar-refractivity contribution in [3.8, 4) is 0 Å². The molecule has 1 amide bonds. The Morgan fingerprint density at radius 1 is 1.39 bits per heavy atom. The maximum atomic E-state index is 11.9. The molecule has 0 saturated carbocycles. The van der Waals surface area contributed by atoms with Crippen LogP contribution in [-0.4, -0.2) is 36.5 Å². The third kappa shape index (κ3) is 7.12. The van der Waals surface area contributed by atoms with Crippen molar-refractivity contribution >= 4 is 30.7 Å². The average molecular weight is 366 g/mol. The zero-order valence-corrected chi connectivity index (χ0v) is 15.4. The van der Waals surface area contributed by atoms with Crippen molar-refractivity contribution in [2.45, 2.75) is 51.6 Å². The molecule has 0 aromatic carbocycles. The molecular weight excluding hydrogens is 337 g/mol. The van der Waals surface area contributed by atoms with Crippen LogP contribution in [-0.2, 0) is 6.54 Å². The van der Waals surface area contributed by atoms with Crippen LogP contribution >= 0.6 is 24.8 Å². The Morgan fingerprint density at radius 3 is 2.83 bits per heavy atom. The third-order valence-electron chi connectivity index (χ3n) is 4.22. The number of nitrogens with one attached hydrogen (secondary N) is 1. The summed E-state index contributed by atoms with van der Waals surface area (Å²) in [6.45, 7) is 5.71. The van der Waals surface area contributed by atoms with E-state index in [1.165, 1.54) is 32.1 Å². The molecule has 0 aliphatic carbocycles. The van der Waals surface area contributed by atoms with Gasteiger partial charge in [0.15, 0.2) is 0 Å². The molecule has 1 saturated heterocycles. The van der Waals surface area contributed by atoms with Gasteiger partial charge in [-0.25, -0.2) is 0 Å². The monoisotopic (exact) mass is 365 g/mol. The molecule has 3 N–H and O–H groups in total. The van der Waals surface area contributed by atoms with E-state index in [0.29, 0.717) is 30.5 Å². The first kappa shape index (κ1) is 22.2. The van der Waals surface area contributed by atoms with Crippen LogP contribution < -0.4 is 11.1 Å². The highest BCUT2D eigenvalue weighted by molar-refractivity contribution is 5.93. The van der Waals surface area contributed by atoms with Gasteiger partial charge in [0.1, 0.15) is 12.0 Å². The SMILES string of the molecule is CC1CCCCN1CCCCNC(=O)c1coc(CN)c1.Cl.Cl. The summed E-state index contributed by atoms with van der Waals surface area (Å²) in [6, 6.07) is 2.42. The summed E-state index contributed by atoms with van der Waals surface area (Å²) in [5.74, 6) is 0.559. The number of carbonyl (C=O) groups excluding carboxylic acids is 1. The minimum absolute atomic E-state index is 0. The van der Waals surface area contributed by atoms with E-state index in [1.807, 2.05) is 0 Å². The van der Waals surface area contributed by atoms with Crippen molar-refractivity contribution in [1.29, 1.82) is 0 Å². The summed E-state index contributed by atoms with van der Waals surface area (Å²) in [4.78, 5) is 14.4. The van der Waals surface area contributed by atoms with E-state index in [0.717, 1.165) is 19.4 Å². The van der Waals surface area contributed by atoms with Gasteiger partial charge in [-0.1, -0.05) is 6.42 Å². The molecule has 1 aliphatic heterocycles.